The van der Waals surface area contributed by atoms with E-state index in [0.717, 1.165) is 24.2 Å². The Kier molecular flexibility index (Phi) is 7.44. The molecule has 1 unspecified atom stereocenters. The number of piperidine rings is 1. The van der Waals surface area contributed by atoms with Gasteiger partial charge in [-0.05, 0) is 49.4 Å². The maximum Gasteiger partial charge on any atom is 0.265 e. The minimum absolute atomic E-state index is 0.0972. The number of hydrazine groups is 1. The highest BCUT2D eigenvalue weighted by Gasteiger charge is 2.39. The van der Waals surface area contributed by atoms with E-state index in [1.54, 1.807) is 29.2 Å². The van der Waals surface area contributed by atoms with Gasteiger partial charge in [-0.25, -0.2) is 9.82 Å². The van der Waals surface area contributed by atoms with E-state index in [1.165, 1.54) is 12.1 Å². The minimum Gasteiger partial charge on any atom is -0.476 e. The molecule has 2 aliphatic rings. The van der Waals surface area contributed by atoms with E-state index in [2.05, 4.69) is 29.2 Å². The number of benzene rings is 2. The molecular weight excluding hydrogens is 457 g/mol. The number of carbonyl (C=O) groups is 1. The van der Waals surface area contributed by atoms with Gasteiger partial charge in [0.15, 0.2) is 6.10 Å². The van der Waals surface area contributed by atoms with Crippen LogP contribution in [0.1, 0.15) is 31.7 Å². The van der Waals surface area contributed by atoms with Crippen LogP contribution in [0.15, 0.2) is 36.4 Å². The monoisotopic (exact) mass is 485 g/mol. The first-order valence-electron chi connectivity index (χ1n) is 11.6. The molecule has 0 saturated carbocycles. The molecule has 2 heterocycles. The van der Waals surface area contributed by atoms with Crippen LogP contribution in [0.4, 0.5) is 15.8 Å². The number of nitrogens with zero attached hydrogens (tertiary/aromatic N) is 2. The van der Waals surface area contributed by atoms with E-state index < -0.39 is 11.5 Å². The number of anilines is 2. The number of ether oxygens (including phenoxy) is 1. The molecule has 2 aromatic rings. The van der Waals surface area contributed by atoms with Crippen LogP contribution < -0.4 is 20.9 Å². The van der Waals surface area contributed by atoms with Crippen molar-refractivity contribution in [3.63, 3.8) is 0 Å². The van der Waals surface area contributed by atoms with Crippen LogP contribution in [-0.4, -0.2) is 43.1 Å². The van der Waals surface area contributed by atoms with Gasteiger partial charge in [-0.15, -0.1) is 0 Å². The summed E-state index contributed by atoms with van der Waals surface area (Å²) in [5, 5.41) is 13.7. The summed E-state index contributed by atoms with van der Waals surface area (Å²) < 4.78 is 19.3. The van der Waals surface area contributed by atoms with E-state index in [-0.39, 0.29) is 11.7 Å². The Balaban J connectivity index is 1.37. The van der Waals surface area contributed by atoms with Gasteiger partial charge in [-0.2, -0.15) is 5.26 Å². The minimum atomic E-state index is -0.656. The summed E-state index contributed by atoms with van der Waals surface area (Å²) in [5.74, 6) is 0.176. The second-order valence-electron chi connectivity index (χ2n) is 8.89. The molecule has 3 N–H and O–H groups in total. The maximum atomic E-state index is 13.2. The normalized spacial score (nSPS) is 18.8. The van der Waals surface area contributed by atoms with Crippen molar-refractivity contribution in [2.45, 2.75) is 38.7 Å². The van der Waals surface area contributed by atoms with Gasteiger partial charge in [0.1, 0.15) is 11.6 Å². The Bertz CT molecular complexity index is 1060. The predicted octanol–water partition coefficient (Wildman–Crippen LogP) is 4.35. The standard InChI is InChI=1S/C25H29ClFN5O2/c1-2-9-30-31-20-13-22-21(12-19(20)26)29-15-23(34-22)24(33)32-10-7-25(16-28,8-11-32)14-17-3-5-18(27)6-4-17/h3-6,12-13,23,29-31H,2,7-11,14-15H2,1H3. The van der Waals surface area contributed by atoms with Crippen LogP contribution in [0, 0.1) is 22.6 Å². The van der Waals surface area contributed by atoms with Crippen molar-refractivity contribution in [1.29, 1.82) is 5.26 Å². The Labute approximate surface area is 204 Å². The van der Waals surface area contributed by atoms with E-state index in [9.17, 15) is 14.4 Å². The molecule has 0 bridgehead atoms. The number of hydrogen-bond acceptors (Lipinski definition) is 6. The quantitative estimate of drug-likeness (QED) is 0.399. The summed E-state index contributed by atoms with van der Waals surface area (Å²) in [5.41, 5.74) is 7.96. The number of carbonyl (C=O) groups excluding carboxylic acids is 1. The van der Waals surface area contributed by atoms with Gasteiger partial charge in [-0.3, -0.25) is 4.79 Å². The lowest BCUT2D eigenvalue weighted by Gasteiger charge is -2.39. The smallest absolute Gasteiger partial charge is 0.265 e. The number of rotatable bonds is 7. The molecule has 0 radical (unpaired) electrons. The first-order valence-corrected chi connectivity index (χ1v) is 12.0. The van der Waals surface area contributed by atoms with Crippen molar-refractivity contribution in [3.8, 4) is 11.8 Å². The van der Waals surface area contributed by atoms with Crippen LogP contribution in [0.3, 0.4) is 0 Å². The summed E-state index contributed by atoms with van der Waals surface area (Å²) in [6, 6.07) is 12.3. The topological polar surface area (TPSA) is 89.4 Å². The van der Waals surface area contributed by atoms with Crippen molar-refractivity contribution >= 4 is 28.9 Å². The zero-order valence-electron chi connectivity index (χ0n) is 19.2. The third-order valence-electron chi connectivity index (χ3n) is 6.42. The van der Waals surface area contributed by atoms with Gasteiger partial charge >= 0.3 is 0 Å². The maximum absolute atomic E-state index is 13.2. The lowest BCUT2D eigenvalue weighted by Crippen LogP contribution is -2.51. The first-order chi connectivity index (χ1) is 16.4. The molecule has 1 atom stereocenters. The van der Waals surface area contributed by atoms with Crippen LogP contribution in [0.25, 0.3) is 0 Å². The fourth-order valence-corrected chi connectivity index (χ4v) is 4.59. The summed E-state index contributed by atoms with van der Waals surface area (Å²) in [6.45, 7) is 4.16. The highest BCUT2D eigenvalue weighted by atomic mass is 35.5. The number of fused-ring (bicyclic) bond motifs is 1. The molecule has 0 aliphatic carbocycles. The molecule has 1 saturated heterocycles. The van der Waals surface area contributed by atoms with E-state index >= 15 is 0 Å². The van der Waals surface area contributed by atoms with Gasteiger partial charge in [0.25, 0.3) is 5.91 Å². The summed E-state index contributed by atoms with van der Waals surface area (Å²) in [6.07, 6.45) is 1.99. The van der Waals surface area contributed by atoms with Crippen LogP contribution in [-0.2, 0) is 11.2 Å². The summed E-state index contributed by atoms with van der Waals surface area (Å²) in [7, 11) is 0. The van der Waals surface area contributed by atoms with Gasteiger partial charge < -0.3 is 20.4 Å². The number of likely N-dealkylation sites (tertiary alicyclic amines) is 1. The largest absolute Gasteiger partial charge is 0.476 e. The first kappa shape index (κ1) is 24.1. The van der Waals surface area contributed by atoms with Crippen molar-refractivity contribution in [2.24, 2.45) is 5.41 Å². The Morgan fingerprint density at radius 3 is 2.74 bits per heavy atom. The molecule has 4 rings (SSSR count). The molecule has 2 aliphatic heterocycles. The SMILES string of the molecule is CCCNNc1cc2c(cc1Cl)NCC(C(=O)N1CCC(C#N)(Cc3ccc(F)cc3)CC1)O2. The van der Waals surface area contributed by atoms with Crippen LogP contribution >= 0.6 is 11.6 Å². The van der Waals surface area contributed by atoms with Gasteiger partial charge in [0, 0.05) is 25.7 Å². The second kappa shape index (κ2) is 10.5. The molecule has 1 fully saturated rings. The number of nitriles is 1. The molecule has 0 aromatic heterocycles. The number of halogens is 2. The fraction of sp³-hybridized carbons (Fsp3) is 0.440. The van der Waals surface area contributed by atoms with Gasteiger partial charge in [0.2, 0.25) is 0 Å². The molecule has 180 valence electrons. The van der Waals surface area contributed by atoms with Crippen LogP contribution in [0.5, 0.6) is 5.75 Å². The molecule has 34 heavy (non-hydrogen) atoms. The predicted molar refractivity (Wildman–Crippen MR) is 130 cm³/mol. The van der Waals surface area contributed by atoms with E-state index in [4.69, 9.17) is 16.3 Å². The Morgan fingerprint density at radius 2 is 2.06 bits per heavy atom. The van der Waals surface area contributed by atoms with Crippen molar-refractivity contribution in [3.05, 3.63) is 52.8 Å². The number of nitrogens with one attached hydrogen (secondary N) is 3. The Hall–Kier alpha value is -3.02. The fourth-order valence-electron chi connectivity index (χ4n) is 4.38. The number of amides is 1. The zero-order chi connectivity index (χ0) is 24.1. The zero-order valence-corrected chi connectivity index (χ0v) is 19.9. The van der Waals surface area contributed by atoms with Crippen LogP contribution in [0.2, 0.25) is 5.02 Å². The van der Waals surface area contributed by atoms with E-state index in [1.807, 2.05) is 0 Å². The average molecular weight is 486 g/mol. The number of hydrogen-bond donors (Lipinski definition) is 3. The summed E-state index contributed by atoms with van der Waals surface area (Å²) in [4.78, 5) is 15.0. The molecule has 0 spiro atoms. The highest BCUT2D eigenvalue weighted by Crippen LogP contribution is 2.38. The molecule has 1 amide bonds. The highest BCUT2D eigenvalue weighted by molar-refractivity contribution is 6.33. The van der Waals surface area contributed by atoms with Gasteiger partial charge in [0.05, 0.1) is 34.4 Å². The average Bonchev–Trinajstić information content (AvgIpc) is 2.85. The molecule has 2 aromatic carbocycles. The lowest BCUT2D eigenvalue weighted by molar-refractivity contribution is -0.140. The molecule has 7 nitrogen and oxygen atoms in total. The second-order valence-corrected chi connectivity index (χ2v) is 9.30. The lowest BCUT2D eigenvalue weighted by atomic mass is 9.75. The van der Waals surface area contributed by atoms with Gasteiger partial charge in [-0.1, -0.05) is 30.7 Å². The van der Waals surface area contributed by atoms with Crippen molar-refractivity contribution in [1.82, 2.24) is 10.3 Å². The third kappa shape index (κ3) is 5.37. The Morgan fingerprint density at radius 1 is 1.32 bits per heavy atom. The summed E-state index contributed by atoms with van der Waals surface area (Å²) >= 11 is 6.35. The molecular formula is C25H29ClFN5O2. The molecule has 9 heteroatoms. The third-order valence-corrected chi connectivity index (χ3v) is 6.73. The van der Waals surface area contributed by atoms with E-state index in [0.29, 0.717) is 55.4 Å². The van der Waals surface area contributed by atoms with Crippen molar-refractivity contribution in [2.75, 3.05) is 36.9 Å². The van der Waals surface area contributed by atoms with Crippen molar-refractivity contribution < 1.29 is 13.9 Å².